The third-order valence-electron chi connectivity index (χ3n) is 5.35. The van der Waals surface area contributed by atoms with Gasteiger partial charge in [-0.1, -0.05) is 35.3 Å². The molecule has 2 amide bonds. The van der Waals surface area contributed by atoms with Crippen LogP contribution in [0.1, 0.15) is 25.3 Å². The highest BCUT2D eigenvalue weighted by Gasteiger charge is 2.21. The number of anilines is 1. The minimum atomic E-state index is -0.0177. The summed E-state index contributed by atoms with van der Waals surface area (Å²) >= 11 is 12.1. The smallest absolute Gasteiger partial charge is 0.317 e. The van der Waals surface area contributed by atoms with E-state index in [9.17, 15) is 4.79 Å². The molecule has 2 aliphatic rings. The Balaban J connectivity index is 1.52. The topological polar surface area (TPSA) is 44.8 Å². The molecular formula is C22H29Cl2N3O2. The Bertz CT molecular complexity index is 794. The standard InChI is InChI=1S/C22H29Cl2N3O2/c1-3-29-21-14-18(7-5-16(21)2)26-9-4-10-27(12-11-26)22(28)25-15-17-6-8-19(23)20(24)13-17/h5-8,14,17H,3-4,9-13,15H2,1-2H3,(H,25,28). The number of nitrogens with zero attached hydrogens (tertiary/aromatic N) is 2. The third kappa shape index (κ3) is 5.83. The molecule has 1 aromatic rings. The zero-order valence-corrected chi connectivity index (χ0v) is 18.6. The molecule has 0 saturated carbocycles. The Morgan fingerprint density at radius 2 is 2.07 bits per heavy atom. The molecule has 1 fully saturated rings. The Morgan fingerprint density at radius 1 is 1.24 bits per heavy atom. The largest absolute Gasteiger partial charge is 0.494 e. The molecule has 1 atom stereocenters. The van der Waals surface area contributed by atoms with E-state index in [-0.39, 0.29) is 11.9 Å². The first kappa shape index (κ1) is 21.8. The summed E-state index contributed by atoms with van der Waals surface area (Å²) in [6, 6.07) is 6.31. The van der Waals surface area contributed by atoms with Crippen molar-refractivity contribution in [1.29, 1.82) is 0 Å². The van der Waals surface area contributed by atoms with Crippen molar-refractivity contribution in [3.05, 3.63) is 46.0 Å². The minimum absolute atomic E-state index is 0.0177. The maximum Gasteiger partial charge on any atom is 0.317 e. The second kappa shape index (κ2) is 10.3. The van der Waals surface area contributed by atoms with Crippen LogP contribution >= 0.6 is 23.2 Å². The van der Waals surface area contributed by atoms with Gasteiger partial charge in [-0.2, -0.15) is 0 Å². The number of urea groups is 1. The van der Waals surface area contributed by atoms with Gasteiger partial charge in [0.2, 0.25) is 0 Å². The van der Waals surface area contributed by atoms with Gasteiger partial charge < -0.3 is 19.9 Å². The van der Waals surface area contributed by atoms with Crippen LogP contribution in [0, 0.1) is 12.8 Å². The van der Waals surface area contributed by atoms with Crippen molar-refractivity contribution < 1.29 is 9.53 Å². The number of hydrogen-bond donors (Lipinski definition) is 1. The number of amides is 2. The maximum atomic E-state index is 12.6. The van der Waals surface area contributed by atoms with E-state index in [0.29, 0.717) is 36.2 Å². The third-order valence-corrected chi connectivity index (χ3v) is 6.16. The molecule has 5 nitrogen and oxygen atoms in total. The molecule has 1 unspecified atom stereocenters. The van der Waals surface area contributed by atoms with Crippen LogP contribution in [0.2, 0.25) is 0 Å². The zero-order chi connectivity index (χ0) is 20.8. The van der Waals surface area contributed by atoms with Gasteiger partial charge in [-0.25, -0.2) is 4.79 Å². The molecule has 0 aromatic heterocycles. The molecule has 1 N–H and O–H groups in total. The highest BCUT2D eigenvalue weighted by atomic mass is 35.5. The Morgan fingerprint density at radius 3 is 2.83 bits per heavy atom. The molecule has 1 aromatic carbocycles. The molecular weight excluding hydrogens is 409 g/mol. The Hall–Kier alpha value is -1.85. The van der Waals surface area contributed by atoms with Gasteiger partial charge in [0.15, 0.2) is 0 Å². The average molecular weight is 438 g/mol. The van der Waals surface area contributed by atoms with Crippen LogP contribution in [-0.2, 0) is 0 Å². The molecule has 3 rings (SSSR count). The van der Waals surface area contributed by atoms with Gasteiger partial charge in [0.05, 0.1) is 11.6 Å². The van der Waals surface area contributed by atoms with Crippen molar-refractivity contribution in [2.75, 3.05) is 44.2 Å². The van der Waals surface area contributed by atoms with Crippen LogP contribution in [0.5, 0.6) is 5.75 Å². The molecule has 0 spiro atoms. The first-order valence-corrected chi connectivity index (χ1v) is 11.0. The lowest BCUT2D eigenvalue weighted by Crippen LogP contribution is -2.43. The number of benzene rings is 1. The molecule has 0 bridgehead atoms. The van der Waals surface area contributed by atoms with Crippen LogP contribution in [-0.4, -0.2) is 50.3 Å². The molecule has 29 heavy (non-hydrogen) atoms. The number of allylic oxidation sites excluding steroid dienone is 3. The lowest BCUT2D eigenvalue weighted by Gasteiger charge is -2.25. The van der Waals surface area contributed by atoms with Crippen molar-refractivity contribution in [1.82, 2.24) is 10.2 Å². The normalized spacial score (nSPS) is 19.9. The van der Waals surface area contributed by atoms with Crippen molar-refractivity contribution in [2.24, 2.45) is 5.92 Å². The fourth-order valence-electron chi connectivity index (χ4n) is 3.65. The number of rotatable bonds is 5. The predicted molar refractivity (Wildman–Crippen MR) is 120 cm³/mol. The molecule has 158 valence electrons. The fourth-order valence-corrected chi connectivity index (χ4v) is 4.06. The van der Waals surface area contributed by atoms with Crippen LogP contribution < -0.4 is 15.0 Å². The first-order chi connectivity index (χ1) is 14.0. The van der Waals surface area contributed by atoms with Gasteiger partial charge in [0.1, 0.15) is 5.75 Å². The van der Waals surface area contributed by atoms with E-state index in [1.165, 1.54) is 0 Å². The number of ether oxygens (including phenoxy) is 1. The molecule has 7 heteroatoms. The monoisotopic (exact) mass is 437 g/mol. The maximum absolute atomic E-state index is 12.6. The Labute approximate surface area is 183 Å². The van der Waals surface area contributed by atoms with E-state index in [2.05, 4.69) is 35.3 Å². The first-order valence-electron chi connectivity index (χ1n) is 10.2. The second-order valence-electron chi connectivity index (χ2n) is 7.47. The summed E-state index contributed by atoms with van der Waals surface area (Å²) in [6.45, 7) is 8.43. The van der Waals surface area contributed by atoms with Crippen LogP contribution in [0.25, 0.3) is 0 Å². The van der Waals surface area contributed by atoms with Crippen molar-refractivity contribution in [2.45, 2.75) is 26.7 Å². The SMILES string of the molecule is CCOc1cc(N2CCCN(C(=O)NCC3C=CC(Cl)=C(Cl)C3)CC2)ccc1C. The van der Waals surface area contributed by atoms with Gasteiger partial charge in [-0.3, -0.25) is 0 Å². The number of nitrogens with one attached hydrogen (secondary N) is 1. The van der Waals surface area contributed by atoms with E-state index in [1.54, 1.807) is 0 Å². The number of aryl methyl sites for hydroxylation is 1. The van der Waals surface area contributed by atoms with Crippen molar-refractivity contribution in [3.63, 3.8) is 0 Å². The number of halogens is 2. The summed E-state index contributed by atoms with van der Waals surface area (Å²) in [7, 11) is 0. The zero-order valence-electron chi connectivity index (χ0n) is 17.1. The van der Waals surface area contributed by atoms with Crippen molar-refractivity contribution >= 4 is 34.9 Å². The number of hydrogen-bond acceptors (Lipinski definition) is 3. The lowest BCUT2D eigenvalue weighted by molar-refractivity contribution is 0.200. The lowest BCUT2D eigenvalue weighted by atomic mass is 10.0. The molecule has 0 radical (unpaired) electrons. The van der Waals surface area contributed by atoms with E-state index in [1.807, 2.05) is 24.0 Å². The van der Waals surface area contributed by atoms with Gasteiger partial charge in [-0.15, -0.1) is 0 Å². The quantitative estimate of drug-likeness (QED) is 0.713. The molecule has 1 aliphatic heterocycles. The van der Waals surface area contributed by atoms with E-state index in [4.69, 9.17) is 27.9 Å². The summed E-state index contributed by atoms with van der Waals surface area (Å²) < 4.78 is 5.73. The Kier molecular flexibility index (Phi) is 7.73. The van der Waals surface area contributed by atoms with Crippen LogP contribution in [0.4, 0.5) is 10.5 Å². The van der Waals surface area contributed by atoms with Gasteiger partial charge in [0.25, 0.3) is 0 Å². The minimum Gasteiger partial charge on any atom is -0.494 e. The summed E-state index contributed by atoms with van der Waals surface area (Å²) in [5.41, 5.74) is 2.28. The highest BCUT2D eigenvalue weighted by Crippen LogP contribution is 2.28. The van der Waals surface area contributed by atoms with E-state index < -0.39 is 0 Å². The number of carbonyl (C=O) groups is 1. The second-order valence-corrected chi connectivity index (χ2v) is 8.34. The van der Waals surface area contributed by atoms with Crippen LogP contribution in [0.3, 0.4) is 0 Å². The summed E-state index contributed by atoms with van der Waals surface area (Å²) in [6.07, 6.45) is 5.41. The molecule has 1 saturated heterocycles. The molecule has 1 aliphatic carbocycles. The summed E-state index contributed by atoms with van der Waals surface area (Å²) in [4.78, 5) is 16.9. The van der Waals surface area contributed by atoms with Crippen LogP contribution in [0.15, 0.2) is 40.4 Å². The highest BCUT2D eigenvalue weighted by molar-refractivity contribution is 6.40. The van der Waals surface area contributed by atoms with Crippen molar-refractivity contribution in [3.8, 4) is 5.75 Å². The number of carbonyl (C=O) groups excluding carboxylic acids is 1. The molecule has 1 heterocycles. The fraction of sp³-hybridized carbons (Fsp3) is 0.500. The van der Waals surface area contributed by atoms with Gasteiger partial charge >= 0.3 is 6.03 Å². The predicted octanol–water partition coefficient (Wildman–Crippen LogP) is 4.88. The summed E-state index contributed by atoms with van der Waals surface area (Å²) in [5, 5.41) is 4.29. The summed E-state index contributed by atoms with van der Waals surface area (Å²) in [5.74, 6) is 1.11. The van der Waals surface area contributed by atoms with E-state index >= 15 is 0 Å². The van der Waals surface area contributed by atoms with Gasteiger partial charge in [-0.05, 0) is 50.3 Å². The van der Waals surface area contributed by atoms with E-state index in [0.717, 1.165) is 43.1 Å². The average Bonchev–Trinajstić information content (AvgIpc) is 2.97. The van der Waals surface area contributed by atoms with Gasteiger partial charge in [0, 0.05) is 49.5 Å².